The largest absolute Gasteiger partial charge is 0.438 e. The molecule has 0 spiro atoms. The highest BCUT2D eigenvalue weighted by Crippen LogP contribution is 2.29. The van der Waals surface area contributed by atoms with E-state index in [9.17, 15) is 4.79 Å². The molecule has 24 heavy (non-hydrogen) atoms. The topological polar surface area (TPSA) is 68.5 Å². The first kappa shape index (κ1) is 16.9. The van der Waals surface area contributed by atoms with Crippen molar-refractivity contribution in [1.82, 2.24) is 9.88 Å². The lowest BCUT2D eigenvalue weighted by Gasteiger charge is -2.22. The van der Waals surface area contributed by atoms with Gasteiger partial charge in [-0.05, 0) is 62.2 Å². The SMILES string of the molecule is CC1CC(CN)CN1C(=O)c1cccnc1Oc1ccc(Br)cc1. The second-order valence-corrected chi connectivity index (χ2v) is 6.97. The Morgan fingerprint density at radius 3 is 2.79 bits per heavy atom. The van der Waals surface area contributed by atoms with Gasteiger partial charge in [0.1, 0.15) is 11.3 Å². The van der Waals surface area contributed by atoms with Gasteiger partial charge in [-0.3, -0.25) is 4.79 Å². The van der Waals surface area contributed by atoms with Crippen molar-refractivity contribution in [2.75, 3.05) is 13.1 Å². The maximum Gasteiger partial charge on any atom is 0.259 e. The number of nitrogens with two attached hydrogens (primary N) is 1. The van der Waals surface area contributed by atoms with E-state index in [1.54, 1.807) is 18.3 Å². The summed E-state index contributed by atoms with van der Waals surface area (Å²) in [5, 5.41) is 0. The molecule has 1 saturated heterocycles. The van der Waals surface area contributed by atoms with Crippen molar-refractivity contribution in [3.63, 3.8) is 0 Å². The number of aromatic nitrogens is 1. The average molecular weight is 390 g/mol. The molecule has 2 unspecified atom stereocenters. The van der Waals surface area contributed by atoms with Crippen molar-refractivity contribution in [2.45, 2.75) is 19.4 Å². The number of benzene rings is 1. The summed E-state index contributed by atoms with van der Waals surface area (Å²) >= 11 is 3.39. The molecule has 2 N–H and O–H groups in total. The maximum absolute atomic E-state index is 12.9. The van der Waals surface area contributed by atoms with Gasteiger partial charge in [0.25, 0.3) is 5.91 Å². The van der Waals surface area contributed by atoms with Crippen LogP contribution in [-0.2, 0) is 0 Å². The average Bonchev–Trinajstić information content (AvgIpc) is 2.98. The van der Waals surface area contributed by atoms with Gasteiger partial charge in [0.15, 0.2) is 0 Å². The van der Waals surface area contributed by atoms with Crippen LogP contribution in [0.4, 0.5) is 0 Å². The molecule has 1 amide bonds. The zero-order valence-corrected chi connectivity index (χ0v) is 15.1. The van der Waals surface area contributed by atoms with E-state index in [1.807, 2.05) is 29.2 Å². The second-order valence-electron chi connectivity index (χ2n) is 6.06. The fraction of sp³-hybridized carbons (Fsp3) is 0.333. The molecule has 2 heterocycles. The highest BCUT2D eigenvalue weighted by molar-refractivity contribution is 9.10. The molecule has 126 valence electrons. The highest BCUT2D eigenvalue weighted by atomic mass is 79.9. The Bertz CT molecular complexity index is 720. The van der Waals surface area contributed by atoms with Crippen LogP contribution in [0.5, 0.6) is 11.6 Å². The minimum atomic E-state index is -0.0568. The Kier molecular flexibility index (Phi) is 5.16. The van der Waals surface area contributed by atoms with Crippen LogP contribution < -0.4 is 10.5 Å². The molecular formula is C18H20BrN3O2. The zero-order chi connectivity index (χ0) is 17.1. The van der Waals surface area contributed by atoms with Gasteiger partial charge in [0, 0.05) is 23.3 Å². The first-order valence-corrected chi connectivity index (χ1v) is 8.77. The summed E-state index contributed by atoms with van der Waals surface area (Å²) in [4.78, 5) is 19.1. The van der Waals surface area contributed by atoms with Gasteiger partial charge in [0.05, 0.1) is 0 Å². The molecule has 0 radical (unpaired) electrons. The first-order valence-electron chi connectivity index (χ1n) is 7.98. The molecule has 1 aromatic heterocycles. The molecule has 1 aromatic carbocycles. The Morgan fingerprint density at radius 2 is 2.12 bits per heavy atom. The van der Waals surface area contributed by atoms with Crippen molar-refractivity contribution < 1.29 is 9.53 Å². The number of rotatable bonds is 4. The fourth-order valence-electron chi connectivity index (χ4n) is 3.00. The summed E-state index contributed by atoms with van der Waals surface area (Å²) in [6.07, 6.45) is 2.56. The lowest BCUT2D eigenvalue weighted by atomic mass is 10.1. The van der Waals surface area contributed by atoms with Gasteiger partial charge >= 0.3 is 0 Å². The molecule has 2 atom stereocenters. The summed E-state index contributed by atoms with van der Waals surface area (Å²) in [5.41, 5.74) is 6.24. The van der Waals surface area contributed by atoms with Crippen LogP contribution in [0.1, 0.15) is 23.7 Å². The van der Waals surface area contributed by atoms with E-state index in [4.69, 9.17) is 10.5 Å². The van der Waals surface area contributed by atoms with E-state index in [0.29, 0.717) is 36.2 Å². The molecule has 0 saturated carbocycles. The van der Waals surface area contributed by atoms with Gasteiger partial charge in [-0.25, -0.2) is 4.98 Å². The van der Waals surface area contributed by atoms with Crippen LogP contribution in [0.25, 0.3) is 0 Å². The summed E-state index contributed by atoms with van der Waals surface area (Å²) in [6.45, 7) is 3.34. The van der Waals surface area contributed by atoms with E-state index in [-0.39, 0.29) is 11.9 Å². The predicted octanol–water partition coefficient (Wildman–Crippen LogP) is 3.45. The summed E-state index contributed by atoms with van der Waals surface area (Å²) in [5.74, 6) is 1.27. The maximum atomic E-state index is 12.9. The summed E-state index contributed by atoms with van der Waals surface area (Å²) < 4.78 is 6.79. The zero-order valence-electron chi connectivity index (χ0n) is 13.5. The number of halogens is 1. The van der Waals surface area contributed by atoms with Gasteiger partial charge < -0.3 is 15.4 Å². The van der Waals surface area contributed by atoms with Crippen molar-refractivity contribution in [3.8, 4) is 11.6 Å². The summed E-state index contributed by atoms with van der Waals surface area (Å²) in [6, 6.07) is 11.1. The third kappa shape index (κ3) is 3.60. The third-order valence-corrected chi connectivity index (χ3v) is 4.81. The van der Waals surface area contributed by atoms with Crippen molar-refractivity contribution in [2.24, 2.45) is 11.7 Å². The highest BCUT2D eigenvalue weighted by Gasteiger charge is 2.33. The molecule has 0 aliphatic carbocycles. The van der Waals surface area contributed by atoms with Crippen LogP contribution in [0, 0.1) is 5.92 Å². The number of carbonyl (C=O) groups is 1. The number of carbonyl (C=O) groups excluding carboxylic acids is 1. The van der Waals surface area contributed by atoms with E-state index in [0.717, 1.165) is 10.9 Å². The smallest absolute Gasteiger partial charge is 0.259 e. The first-order chi connectivity index (χ1) is 11.6. The molecule has 1 aliphatic heterocycles. The van der Waals surface area contributed by atoms with Crippen LogP contribution in [0.2, 0.25) is 0 Å². The number of amides is 1. The Hall–Kier alpha value is -1.92. The van der Waals surface area contributed by atoms with Gasteiger partial charge in [0.2, 0.25) is 5.88 Å². The molecular weight excluding hydrogens is 370 g/mol. The molecule has 1 fully saturated rings. The standard InChI is InChI=1S/C18H20BrN3O2/c1-12-9-13(10-20)11-22(12)18(23)16-3-2-8-21-17(16)24-15-6-4-14(19)5-7-15/h2-8,12-13H,9-11,20H2,1H3. The Morgan fingerprint density at radius 1 is 1.38 bits per heavy atom. The van der Waals surface area contributed by atoms with Crippen molar-refractivity contribution >= 4 is 21.8 Å². The van der Waals surface area contributed by atoms with E-state index in [1.165, 1.54) is 0 Å². The third-order valence-electron chi connectivity index (χ3n) is 4.29. The molecule has 0 bridgehead atoms. The minimum Gasteiger partial charge on any atom is -0.438 e. The van der Waals surface area contributed by atoms with E-state index in [2.05, 4.69) is 27.8 Å². The van der Waals surface area contributed by atoms with Crippen molar-refractivity contribution in [1.29, 1.82) is 0 Å². The second kappa shape index (κ2) is 7.32. The monoisotopic (exact) mass is 389 g/mol. The van der Waals surface area contributed by atoms with Crippen LogP contribution in [0.3, 0.4) is 0 Å². The van der Waals surface area contributed by atoms with E-state index >= 15 is 0 Å². The van der Waals surface area contributed by atoms with E-state index < -0.39 is 0 Å². The summed E-state index contributed by atoms with van der Waals surface area (Å²) in [7, 11) is 0. The number of hydrogen-bond donors (Lipinski definition) is 1. The number of pyridine rings is 1. The fourth-order valence-corrected chi connectivity index (χ4v) is 3.26. The number of ether oxygens (including phenoxy) is 1. The lowest BCUT2D eigenvalue weighted by molar-refractivity contribution is 0.0740. The van der Waals surface area contributed by atoms with Crippen LogP contribution >= 0.6 is 15.9 Å². The normalized spacial score (nSPS) is 20.2. The quantitative estimate of drug-likeness (QED) is 0.869. The van der Waals surface area contributed by atoms with Gasteiger partial charge in [-0.2, -0.15) is 0 Å². The Balaban J connectivity index is 1.83. The lowest BCUT2D eigenvalue weighted by Crippen LogP contribution is -2.34. The van der Waals surface area contributed by atoms with Crippen LogP contribution in [0.15, 0.2) is 47.1 Å². The van der Waals surface area contributed by atoms with Gasteiger partial charge in [-0.1, -0.05) is 15.9 Å². The minimum absolute atomic E-state index is 0.0568. The molecule has 5 nitrogen and oxygen atoms in total. The molecule has 3 rings (SSSR count). The number of likely N-dealkylation sites (tertiary alicyclic amines) is 1. The number of hydrogen-bond acceptors (Lipinski definition) is 4. The molecule has 6 heteroatoms. The number of nitrogens with zero attached hydrogens (tertiary/aromatic N) is 2. The van der Waals surface area contributed by atoms with Gasteiger partial charge in [-0.15, -0.1) is 0 Å². The molecule has 2 aromatic rings. The Labute approximate surface area is 149 Å². The predicted molar refractivity (Wildman–Crippen MR) is 96.1 cm³/mol. The van der Waals surface area contributed by atoms with Crippen molar-refractivity contribution in [3.05, 3.63) is 52.6 Å². The van der Waals surface area contributed by atoms with Crippen LogP contribution in [-0.4, -0.2) is 34.9 Å². The molecule has 1 aliphatic rings.